The lowest BCUT2D eigenvalue weighted by atomic mass is 9.92. The maximum absolute atomic E-state index is 6.16. The quantitative estimate of drug-likeness (QED) is 0.751. The van der Waals surface area contributed by atoms with Crippen LogP contribution in [0.2, 0.25) is 5.15 Å². The number of hydrogen-bond acceptors (Lipinski definition) is 3. The fraction of sp³-hybridized carbons (Fsp3) is 0.417. The second-order valence-electron chi connectivity index (χ2n) is 5.15. The van der Waals surface area contributed by atoms with E-state index in [4.69, 9.17) is 11.6 Å². The van der Waals surface area contributed by atoms with E-state index >= 15 is 0 Å². The smallest absolute Gasteiger partial charge is 0.164 e. The zero-order chi connectivity index (χ0) is 13.5. The molecule has 0 N–H and O–H groups in total. The summed E-state index contributed by atoms with van der Waals surface area (Å²) in [5.41, 5.74) is 1.64. The van der Waals surface area contributed by atoms with Crippen LogP contribution in [-0.2, 0) is 12.5 Å². The lowest BCUT2D eigenvalue weighted by Gasteiger charge is -2.20. The van der Waals surface area contributed by atoms with Gasteiger partial charge in [0.25, 0.3) is 0 Å². The fourth-order valence-electron chi connectivity index (χ4n) is 1.58. The summed E-state index contributed by atoms with van der Waals surface area (Å²) in [4.78, 5) is 8.88. The summed E-state index contributed by atoms with van der Waals surface area (Å²) in [5, 5.41) is 4.54. The van der Waals surface area contributed by atoms with Gasteiger partial charge in [-0.05, 0) is 15.9 Å². The molecule has 0 saturated carbocycles. The molecule has 0 saturated heterocycles. The van der Waals surface area contributed by atoms with Crippen LogP contribution in [0.4, 0.5) is 0 Å². The predicted octanol–water partition coefficient (Wildman–Crippen LogP) is 3.59. The van der Waals surface area contributed by atoms with E-state index in [0.29, 0.717) is 11.0 Å². The highest BCUT2D eigenvalue weighted by Crippen LogP contribution is 2.33. The third-order valence-electron chi connectivity index (χ3n) is 2.48. The van der Waals surface area contributed by atoms with Gasteiger partial charge in [0.15, 0.2) is 5.82 Å². The topological polar surface area (TPSA) is 43.6 Å². The summed E-state index contributed by atoms with van der Waals surface area (Å²) in [7, 11) is 1.86. The average molecular weight is 330 g/mol. The molecular formula is C12H14BrClN4. The van der Waals surface area contributed by atoms with E-state index < -0.39 is 0 Å². The Morgan fingerprint density at radius 2 is 1.94 bits per heavy atom. The number of hydrogen-bond donors (Lipinski definition) is 0. The SMILES string of the molecule is Cn1cc(-c2nc(Cl)c(Br)c(C(C)(C)C)n2)cn1. The summed E-state index contributed by atoms with van der Waals surface area (Å²) in [6, 6.07) is 0. The monoisotopic (exact) mass is 328 g/mol. The molecule has 0 spiro atoms. The molecule has 0 atom stereocenters. The average Bonchev–Trinajstić information content (AvgIpc) is 2.67. The molecule has 0 radical (unpaired) electrons. The molecule has 18 heavy (non-hydrogen) atoms. The zero-order valence-corrected chi connectivity index (χ0v) is 13.0. The van der Waals surface area contributed by atoms with Gasteiger partial charge in [-0.2, -0.15) is 5.10 Å². The number of rotatable bonds is 1. The van der Waals surface area contributed by atoms with Gasteiger partial charge in [0.2, 0.25) is 0 Å². The van der Waals surface area contributed by atoms with Gasteiger partial charge in [-0.25, -0.2) is 9.97 Å². The van der Waals surface area contributed by atoms with Gasteiger partial charge in [-0.1, -0.05) is 32.4 Å². The van der Waals surface area contributed by atoms with E-state index in [1.54, 1.807) is 10.9 Å². The molecule has 0 aliphatic rings. The molecule has 4 nitrogen and oxygen atoms in total. The number of aromatic nitrogens is 4. The molecule has 0 bridgehead atoms. The Balaban J connectivity index is 2.61. The Morgan fingerprint density at radius 3 is 2.44 bits per heavy atom. The second kappa shape index (κ2) is 4.63. The third-order valence-corrected chi connectivity index (χ3v) is 3.74. The van der Waals surface area contributed by atoms with Gasteiger partial charge < -0.3 is 0 Å². The van der Waals surface area contributed by atoms with E-state index in [1.807, 2.05) is 13.2 Å². The number of halogens is 2. The third kappa shape index (κ3) is 2.57. The van der Waals surface area contributed by atoms with Crippen molar-refractivity contribution in [2.75, 3.05) is 0 Å². The summed E-state index contributed by atoms with van der Waals surface area (Å²) in [6.07, 6.45) is 3.60. The maximum Gasteiger partial charge on any atom is 0.164 e. The van der Waals surface area contributed by atoms with Crippen LogP contribution < -0.4 is 0 Å². The van der Waals surface area contributed by atoms with Crippen molar-refractivity contribution >= 4 is 27.5 Å². The highest BCUT2D eigenvalue weighted by Gasteiger charge is 2.23. The van der Waals surface area contributed by atoms with Crippen molar-refractivity contribution in [2.45, 2.75) is 26.2 Å². The highest BCUT2D eigenvalue weighted by molar-refractivity contribution is 9.10. The van der Waals surface area contributed by atoms with E-state index in [9.17, 15) is 0 Å². The van der Waals surface area contributed by atoms with E-state index in [0.717, 1.165) is 15.7 Å². The van der Waals surface area contributed by atoms with Crippen LogP contribution in [0.15, 0.2) is 16.9 Å². The van der Waals surface area contributed by atoms with Gasteiger partial charge in [0.05, 0.1) is 21.9 Å². The summed E-state index contributed by atoms with van der Waals surface area (Å²) < 4.78 is 2.47. The van der Waals surface area contributed by atoms with Gasteiger partial charge in [-0.3, -0.25) is 4.68 Å². The van der Waals surface area contributed by atoms with Crippen molar-refractivity contribution in [3.05, 3.63) is 27.7 Å². The lowest BCUT2D eigenvalue weighted by Crippen LogP contribution is -2.16. The molecule has 2 heterocycles. The Bertz CT molecular complexity index is 586. The molecule has 0 aromatic carbocycles. The van der Waals surface area contributed by atoms with Crippen molar-refractivity contribution in [1.82, 2.24) is 19.7 Å². The van der Waals surface area contributed by atoms with Crippen molar-refractivity contribution in [2.24, 2.45) is 7.05 Å². The van der Waals surface area contributed by atoms with Gasteiger partial charge in [0, 0.05) is 18.7 Å². The van der Waals surface area contributed by atoms with Crippen LogP contribution in [0, 0.1) is 0 Å². The molecule has 2 aromatic rings. The van der Waals surface area contributed by atoms with Crippen LogP contribution in [0.25, 0.3) is 11.4 Å². The normalized spacial score (nSPS) is 11.9. The van der Waals surface area contributed by atoms with Crippen LogP contribution in [0.1, 0.15) is 26.5 Å². The molecule has 6 heteroatoms. The van der Waals surface area contributed by atoms with Crippen molar-refractivity contribution in [3.63, 3.8) is 0 Å². The lowest BCUT2D eigenvalue weighted by molar-refractivity contribution is 0.564. The Labute approximate surface area is 120 Å². The Hall–Kier alpha value is -0.940. The Morgan fingerprint density at radius 1 is 1.28 bits per heavy atom. The van der Waals surface area contributed by atoms with Crippen LogP contribution in [0.5, 0.6) is 0 Å². The molecule has 0 aliphatic heterocycles. The highest BCUT2D eigenvalue weighted by atomic mass is 79.9. The molecule has 0 aliphatic carbocycles. The van der Waals surface area contributed by atoms with Gasteiger partial charge in [-0.15, -0.1) is 0 Å². The van der Waals surface area contributed by atoms with Crippen molar-refractivity contribution < 1.29 is 0 Å². The minimum atomic E-state index is -0.109. The summed E-state index contributed by atoms with van der Waals surface area (Å²) in [5.74, 6) is 0.598. The van der Waals surface area contributed by atoms with Gasteiger partial charge >= 0.3 is 0 Å². The minimum Gasteiger partial charge on any atom is -0.275 e. The van der Waals surface area contributed by atoms with Crippen molar-refractivity contribution in [3.8, 4) is 11.4 Å². The van der Waals surface area contributed by atoms with Crippen molar-refractivity contribution in [1.29, 1.82) is 0 Å². The summed E-state index contributed by atoms with van der Waals surface area (Å²) >= 11 is 9.61. The molecule has 0 amide bonds. The standard InChI is InChI=1S/C12H14BrClN4/c1-12(2,3)9-8(13)10(14)17-11(16-9)7-5-15-18(4)6-7/h5-6H,1-4H3. The molecular weight excluding hydrogens is 316 g/mol. The van der Waals surface area contributed by atoms with E-state index in [-0.39, 0.29) is 5.41 Å². The summed E-state index contributed by atoms with van der Waals surface area (Å²) in [6.45, 7) is 6.26. The van der Waals surface area contributed by atoms with Crippen LogP contribution in [0.3, 0.4) is 0 Å². The minimum absolute atomic E-state index is 0.109. The van der Waals surface area contributed by atoms with Crippen LogP contribution >= 0.6 is 27.5 Å². The second-order valence-corrected chi connectivity index (χ2v) is 6.30. The predicted molar refractivity (Wildman–Crippen MR) is 75.6 cm³/mol. The largest absolute Gasteiger partial charge is 0.275 e. The maximum atomic E-state index is 6.16. The number of aryl methyl sites for hydroxylation is 1. The van der Waals surface area contributed by atoms with E-state index in [2.05, 4.69) is 51.8 Å². The molecule has 0 fully saturated rings. The Kier molecular flexibility index (Phi) is 3.47. The molecule has 0 unspecified atom stereocenters. The molecule has 96 valence electrons. The zero-order valence-electron chi connectivity index (χ0n) is 10.7. The van der Waals surface area contributed by atoms with Crippen LogP contribution in [-0.4, -0.2) is 19.7 Å². The molecule has 2 aromatic heterocycles. The first-order chi connectivity index (χ1) is 8.29. The molecule has 2 rings (SSSR count). The van der Waals surface area contributed by atoms with Gasteiger partial charge in [0.1, 0.15) is 5.15 Å². The fourth-order valence-corrected chi connectivity index (χ4v) is 2.52. The first kappa shape index (κ1) is 13.5. The first-order valence-corrected chi connectivity index (χ1v) is 6.68. The van der Waals surface area contributed by atoms with E-state index in [1.165, 1.54) is 0 Å². The first-order valence-electron chi connectivity index (χ1n) is 5.51. The number of nitrogens with zero attached hydrogens (tertiary/aromatic N) is 4.